The van der Waals surface area contributed by atoms with E-state index in [1.807, 2.05) is 35.2 Å². The highest BCUT2D eigenvalue weighted by Crippen LogP contribution is 2.40. The third-order valence-corrected chi connectivity index (χ3v) is 5.87. The summed E-state index contributed by atoms with van der Waals surface area (Å²) in [5, 5.41) is 13.2. The number of furan rings is 1. The third kappa shape index (κ3) is 4.88. The van der Waals surface area contributed by atoms with Crippen molar-refractivity contribution in [3.63, 3.8) is 0 Å². The molecule has 0 spiro atoms. The number of aromatic carboxylic acids is 1. The van der Waals surface area contributed by atoms with Crippen LogP contribution in [-0.4, -0.2) is 45.7 Å². The van der Waals surface area contributed by atoms with Gasteiger partial charge in [0.2, 0.25) is 0 Å². The smallest absolute Gasteiger partial charge is 0.335 e. The first-order valence-electron chi connectivity index (χ1n) is 10.5. The number of nitrogens with zero attached hydrogens (tertiary/aromatic N) is 2. The lowest BCUT2D eigenvalue weighted by atomic mass is 10.0. The van der Waals surface area contributed by atoms with E-state index in [1.165, 1.54) is 13.2 Å². The van der Waals surface area contributed by atoms with Crippen molar-refractivity contribution < 1.29 is 23.8 Å². The summed E-state index contributed by atoms with van der Waals surface area (Å²) in [6, 6.07) is 15.4. The Bertz CT molecular complexity index is 1160. The van der Waals surface area contributed by atoms with E-state index in [9.17, 15) is 14.7 Å². The monoisotopic (exact) mass is 465 g/mol. The van der Waals surface area contributed by atoms with Crippen LogP contribution in [0.15, 0.2) is 65.2 Å². The van der Waals surface area contributed by atoms with Crippen molar-refractivity contribution in [3.05, 3.63) is 77.8 Å². The Kier molecular flexibility index (Phi) is 6.69. The number of aromatic nitrogens is 1. The summed E-state index contributed by atoms with van der Waals surface area (Å²) < 4.78 is 11.0. The molecule has 8 nitrogen and oxygen atoms in total. The summed E-state index contributed by atoms with van der Waals surface area (Å²) in [6.07, 6.45) is 2.57. The molecule has 1 aliphatic rings. The molecule has 2 N–H and O–H groups in total. The number of esters is 1. The van der Waals surface area contributed by atoms with Gasteiger partial charge in [0.15, 0.2) is 5.11 Å². The van der Waals surface area contributed by atoms with Crippen LogP contribution in [0.4, 0.5) is 0 Å². The second-order valence-corrected chi connectivity index (χ2v) is 7.97. The molecule has 0 unspecified atom stereocenters. The normalized spacial score (nSPS) is 17.6. The van der Waals surface area contributed by atoms with Crippen molar-refractivity contribution in [1.29, 1.82) is 0 Å². The van der Waals surface area contributed by atoms with Crippen LogP contribution in [0, 0.1) is 0 Å². The highest BCUT2D eigenvalue weighted by atomic mass is 32.1. The Balaban J connectivity index is 1.66. The number of rotatable bonds is 8. The minimum Gasteiger partial charge on any atom is -0.478 e. The van der Waals surface area contributed by atoms with Crippen LogP contribution >= 0.6 is 12.2 Å². The zero-order valence-corrected chi connectivity index (χ0v) is 18.7. The first-order chi connectivity index (χ1) is 16.0. The molecule has 3 heterocycles. The van der Waals surface area contributed by atoms with E-state index in [0.29, 0.717) is 35.2 Å². The first kappa shape index (κ1) is 22.5. The zero-order valence-electron chi connectivity index (χ0n) is 17.9. The largest absolute Gasteiger partial charge is 0.478 e. The van der Waals surface area contributed by atoms with Crippen molar-refractivity contribution >= 4 is 29.3 Å². The fourth-order valence-electron chi connectivity index (χ4n) is 3.92. The number of pyridine rings is 1. The van der Waals surface area contributed by atoms with E-state index in [-0.39, 0.29) is 30.0 Å². The van der Waals surface area contributed by atoms with Crippen LogP contribution in [-0.2, 0) is 9.53 Å². The molecule has 2 aromatic heterocycles. The molecule has 0 saturated carbocycles. The van der Waals surface area contributed by atoms with Crippen molar-refractivity contribution in [3.8, 4) is 11.3 Å². The number of carboxylic acid groups (broad SMARTS) is 1. The Morgan fingerprint density at radius 2 is 2.06 bits per heavy atom. The standard InChI is InChI=1S/C24H23N3O5S/c1-31-20(28)9-5-13-27-22(21(26-24(27)33)17-8-2-3-12-25-17)19-11-10-18(32-19)15-6-4-7-16(14-15)23(29)30/h2-4,6-8,10-12,14,21-22H,5,9,13H2,1H3,(H,26,33)(H,29,30)/t21-,22+/m1/s1. The van der Waals surface area contributed by atoms with Crippen LogP contribution in [0.1, 0.15) is 46.7 Å². The molecule has 2 atom stereocenters. The highest BCUT2D eigenvalue weighted by molar-refractivity contribution is 7.80. The van der Waals surface area contributed by atoms with E-state index in [2.05, 4.69) is 10.3 Å². The fraction of sp³-hybridized carbons (Fsp3) is 0.250. The Morgan fingerprint density at radius 3 is 2.79 bits per heavy atom. The molecule has 0 amide bonds. The molecule has 4 rings (SSSR count). The summed E-state index contributed by atoms with van der Waals surface area (Å²) in [5.41, 5.74) is 1.66. The number of carbonyl (C=O) groups excluding carboxylic acids is 1. The molecular weight excluding hydrogens is 442 g/mol. The number of carbonyl (C=O) groups is 2. The molecule has 1 fully saturated rings. The Hall–Kier alpha value is -3.72. The number of nitrogens with one attached hydrogen (secondary N) is 1. The number of hydrogen-bond donors (Lipinski definition) is 2. The number of hydrogen-bond acceptors (Lipinski definition) is 6. The van der Waals surface area contributed by atoms with Gasteiger partial charge in [-0.2, -0.15) is 0 Å². The molecule has 1 aliphatic heterocycles. The summed E-state index contributed by atoms with van der Waals surface area (Å²) in [4.78, 5) is 29.4. The fourth-order valence-corrected chi connectivity index (χ4v) is 4.26. The van der Waals surface area contributed by atoms with Crippen LogP contribution in [0.2, 0.25) is 0 Å². The molecule has 0 aliphatic carbocycles. The maximum atomic E-state index is 11.6. The number of carboxylic acids is 1. The van der Waals surface area contributed by atoms with E-state index in [4.69, 9.17) is 21.4 Å². The maximum Gasteiger partial charge on any atom is 0.335 e. The number of benzene rings is 1. The van der Waals surface area contributed by atoms with E-state index >= 15 is 0 Å². The van der Waals surface area contributed by atoms with Gasteiger partial charge in [-0.3, -0.25) is 9.78 Å². The molecule has 3 aromatic rings. The third-order valence-electron chi connectivity index (χ3n) is 5.52. The average Bonchev–Trinajstić information content (AvgIpc) is 3.44. The second-order valence-electron chi connectivity index (χ2n) is 7.59. The van der Waals surface area contributed by atoms with Gasteiger partial charge in [0.05, 0.1) is 24.4 Å². The van der Waals surface area contributed by atoms with E-state index < -0.39 is 5.97 Å². The quantitative estimate of drug-likeness (QED) is 0.378. The summed E-state index contributed by atoms with van der Waals surface area (Å²) in [6.45, 7) is 0.527. The second kappa shape index (κ2) is 9.83. The van der Waals surface area contributed by atoms with Crippen molar-refractivity contribution in [2.75, 3.05) is 13.7 Å². The van der Waals surface area contributed by atoms with Gasteiger partial charge >= 0.3 is 11.9 Å². The van der Waals surface area contributed by atoms with E-state index in [0.717, 1.165) is 5.69 Å². The topological polar surface area (TPSA) is 105 Å². The van der Waals surface area contributed by atoms with Crippen molar-refractivity contribution in [1.82, 2.24) is 15.2 Å². The van der Waals surface area contributed by atoms with Crippen LogP contribution in [0.3, 0.4) is 0 Å². The summed E-state index contributed by atoms with van der Waals surface area (Å²) >= 11 is 5.61. The van der Waals surface area contributed by atoms with Gasteiger partial charge in [0, 0.05) is 24.7 Å². The van der Waals surface area contributed by atoms with E-state index in [1.54, 1.807) is 24.4 Å². The predicted molar refractivity (Wildman–Crippen MR) is 125 cm³/mol. The SMILES string of the molecule is COC(=O)CCCN1C(=S)N[C@H](c2ccccn2)[C@@H]1c1ccc(-c2cccc(C(=O)O)c2)o1. The minimum atomic E-state index is -0.999. The van der Waals surface area contributed by atoms with Crippen molar-refractivity contribution in [2.24, 2.45) is 0 Å². The Morgan fingerprint density at radius 1 is 1.21 bits per heavy atom. The lowest BCUT2D eigenvalue weighted by Gasteiger charge is -2.25. The van der Waals surface area contributed by atoms with Gasteiger partial charge in [0.25, 0.3) is 0 Å². The van der Waals surface area contributed by atoms with Crippen LogP contribution < -0.4 is 5.32 Å². The maximum absolute atomic E-state index is 11.6. The van der Waals surface area contributed by atoms with Gasteiger partial charge in [0.1, 0.15) is 17.6 Å². The zero-order chi connectivity index (χ0) is 23.4. The highest BCUT2D eigenvalue weighted by Gasteiger charge is 2.41. The molecule has 33 heavy (non-hydrogen) atoms. The van der Waals surface area contributed by atoms with Crippen LogP contribution in [0.25, 0.3) is 11.3 Å². The number of ether oxygens (including phenoxy) is 1. The molecule has 0 bridgehead atoms. The van der Waals surface area contributed by atoms with Crippen molar-refractivity contribution in [2.45, 2.75) is 24.9 Å². The predicted octanol–water partition coefficient (Wildman–Crippen LogP) is 3.97. The summed E-state index contributed by atoms with van der Waals surface area (Å²) in [5.74, 6) is -0.0579. The first-order valence-corrected chi connectivity index (χ1v) is 10.9. The Labute approximate surface area is 196 Å². The minimum absolute atomic E-state index is 0.185. The van der Waals surface area contributed by atoms with Gasteiger partial charge in [-0.25, -0.2) is 4.79 Å². The molecule has 170 valence electrons. The summed E-state index contributed by atoms with van der Waals surface area (Å²) in [7, 11) is 1.37. The van der Waals surface area contributed by atoms with Gasteiger partial charge in [-0.1, -0.05) is 18.2 Å². The van der Waals surface area contributed by atoms with Gasteiger partial charge in [-0.05, 0) is 55.0 Å². The average molecular weight is 466 g/mol. The number of methoxy groups -OCH3 is 1. The molecular formula is C24H23N3O5S. The molecule has 0 radical (unpaired) electrons. The lowest BCUT2D eigenvalue weighted by molar-refractivity contribution is -0.140. The molecule has 1 saturated heterocycles. The van der Waals surface area contributed by atoms with Gasteiger partial charge in [-0.15, -0.1) is 0 Å². The number of thiocarbonyl (C=S) groups is 1. The van der Waals surface area contributed by atoms with Gasteiger partial charge < -0.3 is 24.5 Å². The van der Waals surface area contributed by atoms with Crippen LogP contribution in [0.5, 0.6) is 0 Å². The molecule has 9 heteroatoms. The molecule has 1 aromatic carbocycles. The lowest BCUT2D eigenvalue weighted by Crippen LogP contribution is -2.30.